The van der Waals surface area contributed by atoms with E-state index in [2.05, 4.69) is 31.0 Å². The fourth-order valence-corrected chi connectivity index (χ4v) is 1.96. The van der Waals surface area contributed by atoms with Gasteiger partial charge in [-0.2, -0.15) is 5.10 Å². The van der Waals surface area contributed by atoms with Crippen LogP contribution in [-0.2, 0) is 0 Å². The van der Waals surface area contributed by atoms with Gasteiger partial charge in [0.2, 0.25) is 5.89 Å². The molecule has 0 fully saturated rings. The minimum atomic E-state index is -0.684. The predicted molar refractivity (Wildman–Crippen MR) is 76.8 cm³/mol. The van der Waals surface area contributed by atoms with Crippen molar-refractivity contribution in [3.63, 3.8) is 0 Å². The van der Waals surface area contributed by atoms with Crippen LogP contribution in [0.3, 0.4) is 0 Å². The quantitative estimate of drug-likeness (QED) is 0.492. The molecule has 1 aromatic heterocycles. The van der Waals surface area contributed by atoms with Gasteiger partial charge < -0.3 is 9.52 Å². The van der Waals surface area contributed by atoms with Crippen molar-refractivity contribution >= 4 is 34.1 Å². The van der Waals surface area contributed by atoms with E-state index in [0.717, 1.165) is 15.0 Å². The molecule has 106 valence electrons. The first-order chi connectivity index (χ1) is 10.1. The fraction of sp³-hybridized carbons (Fsp3) is 0.0769. The summed E-state index contributed by atoms with van der Waals surface area (Å²) in [7, 11) is 0. The van der Waals surface area contributed by atoms with Crippen molar-refractivity contribution in [3.8, 4) is 11.3 Å². The van der Waals surface area contributed by atoms with E-state index < -0.39 is 11.9 Å². The molecule has 22 heavy (non-hydrogen) atoms. The van der Waals surface area contributed by atoms with Gasteiger partial charge >= 0.3 is 35.6 Å². The number of urea groups is 1. The maximum absolute atomic E-state index is 11.2. The molecule has 0 atom stereocenters. The number of amides is 2. The van der Waals surface area contributed by atoms with Gasteiger partial charge in [-0.05, 0) is 18.0 Å². The van der Waals surface area contributed by atoms with Gasteiger partial charge in [0.05, 0.1) is 12.7 Å². The third-order valence-electron chi connectivity index (χ3n) is 2.69. The van der Waals surface area contributed by atoms with Crippen LogP contribution >= 0.6 is 15.9 Å². The van der Waals surface area contributed by atoms with Crippen LogP contribution in [0.2, 0.25) is 0 Å². The van der Waals surface area contributed by atoms with Crippen LogP contribution in [0.1, 0.15) is 5.89 Å². The zero-order valence-corrected chi connectivity index (χ0v) is 15.1. The summed E-state index contributed by atoms with van der Waals surface area (Å²) in [6.45, 7) is -0.157. The number of carbonyl (C=O) groups is 1. The summed E-state index contributed by atoms with van der Waals surface area (Å²) >= 11 is 3.35. The molecule has 0 saturated heterocycles. The second-order valence-corrected chi connectivity index (χ2v) is 5.08. The molecular formula is C13H8BrN4NaO3. The number of nitrogens with zero attached hydrogens (tertiary/aromatic N) is 4. The standard InChI is InChI=1S/C13H9BrN4O3.Na/c14-9-3-1-8(2-4-9)10-5-15-12(21-10)6-16-18-7-11(19)17-13(18)20;/h1-6H,7H2,(H,17,19,20);/q;+1/p-1/b16-6+;. The molecule has 3 rings (SSSR count). The second-order valence-electron chi connectivity index (χ2n) is 4.16. The summed E-state index contributed by atoms with van der Waals surface area (Å²) in [6, 6.07) is 6.86. The van der Waals surface area contributed by atoms with Crippen LogP contribution in [0, 0.1) is 0 Å². The Bertz CT molecular complexity index is 742. The van der Waals surface area contributed by atoms with Crippen molar-refractivity contribution < 1.29 is 43.9 Å². The Morgan fingerprint density at radius 1 is 1.36 bits per heavy atom. The van der Waals surface area contributed by atoms with Gasteiger partial charge in [-0.1, -0.05) is 28.1 Å². The van der Waals surface area contributed by atoms with Crippen molar-refractivity contribution in [1.29, 1.82) is 0 Å². The molecule has 0 radical (unpaired) electrons. The summed E-state index contributed by atoms with van der Waals surface area (Å²) < 4.78 is 6.47. The molecule has 0 bridgehead atoms. The molecule has 0 unspecified atom stereocenters. The van der Waals surface area contributed by atoms with E-state index in [4.69, 9.17) is 4.42 Å². The first-order valence-corrected chi connectivity index (χ1v) is 6.73. The number of carbonyl (C=O) groups excluding carboxylic acids is 1. The monoisotopic (exact) mass is 370 g/mol. The molecule has 1 aliphatic rings. The van der Waals surface area contributed by atoms with E-state index in [-0.39, 0.29) is 42.0 Å². The molecule has 1 aromatic carbocycles. The van der Waals surface area contributed by atoms with Crippen molar-refractivity contribution in [2.45, 2.75) is 0 Å². The summed E-state index contributed by atoms with van der Waals surface area (Å²) in [5, 5.41) is 15.7. The van der Waals surface area contributed by atoms with Gasteiger partial charge in [0, 0.05) is 10.0 Å². The van der Waals surface area contributed by atoms with Gasteiger partial charge in [0.25, 0.3) is 0 Å². The van der Waals surface area contributed by atoms with Crippen molar-refractivity contribution in [1.82, 2.24) is 9.99 Å². The normalized spacial score (nSPS) is 14.3. The van der Waals surface area contributed by atoms with E-state index in [1.165, 1.54) is 6.21 Å². The molecular weight excluding hydrogens is 363 g/mol. The maximum atomic E-state index is 11.2. The molecule has 2 heterocycles. The number of hydrogen-bond donors (Lipinski definition) is 0. The minimum absolute atomic E-state index is 0. The van der Waals surface area contributed by atoms with Gasteiger partial charge in [-0.15, -0.1) is 0 Å². The van der Waals surface area contributed by atoms with Crippen LogP contribution in [0.4, 0.5) is 4.79 Å². The smallest absolute Gasteiger partial charge is 0.860 e. The second kappa shape index (κ2) is 7.19. The molecule has 9 heteroatoms. The van der Waals surface area contributed by atoms with Crippen LogP contribution in [0.15, 0.2) is 49.4 Å². The summed E-state index contributed by atoms with van der Waals surface area (Å²) in [5.41, 5.74) is 0.868. The number of benzene rings is 1. The first kappa shape index (κ1) is 16.9. The Hall–Kier alpha value is -1.48. The minimum Gasteiger partial charge on any atom is -0.860 e. The summed E-state index contributed by atoms with van der Waals surface area (Å²) in [5.74, 6) is 0.303. The van der Waals surface area contributed by atoms with Crippen LogP contribution in [0.5, 0.6) is 0 Å². The van der Waals surface area contributed by atoms with Crippen LogP contribution in [0.25, 0.3) is 11.3 Å². The first-order valence-electron chi connectivity index (χ1n) is 5.93. The van der Waals surface area contributed by atoms with Gasteiger partial charge in [-0.25, -0.2) is 19.8 Å². The third kappa shape index (κ3) is 3.83. The number of aromatic nitrogens is 1. The number of hydrazone groups is 1. The van der Waals surface area contributed by atoms with Gasteiger partial charge in [0.15, 0.2) is 5.76 Å². The molecule has 1 aliphatic heterocycles. The van der Waals surface area contributed by atoms with E-state index in [1.54, 1.807) is 6.20 Å². The zero-order chi connectivity index (χ0) is 14.8. The van der Waals surface area contributed by atoms with Crippen molar-refractivity contribution in [2.75, 3.05) is 6.54 Å². The Morgan fingerprint density at radius 2 is 2.09 bits per heavy atom. The molecule has 0 spiro atoms. The topological polar surface area (TPSA) is 94.1 Å². The van der Waals surface area contributed by atoms with E-state index >= 15 is 0 Å². The zero-order valence-electron chi connectivity index (χ0n) is 11.6. The number of rotatable bonds is 3. The molecule has 0 saturated carbocycles. The number of hydrogen-bond acceptors (Lipinski definition) is 5. The molecule has 0 N–H and O–H groups in total. The predicted octanol–water partition coefficient (Wildman–Crippen LogP) is -1.36. The third-order valence-corrected chi connectivity index (χ3v) is 3.21. The average Bonchev–Trinajstić information content (AvgIpc) is 3.04. The Morgan fingerprint density at radius 3 is 2.73 bits per heavy atom. The van der Waals surface area contributed by atoms with Crippen LogP contribution < -0.4 is 34.7 Å². The van der Waals surface area contributed by atoms with Crippen molar-refractivity contribution in [2.24, 2.45) is 10.1 Å². The molecule has 0 aliphatic carbocycles. The number of halogens is 1. The van der Waals surface area contributed by atoms with E-state index in [1.807, 2.05) is 24.3 Å². The molecule has 2 aromatic rings. The van der Waals surface area contributed by atoms with Crippen LogP contribution in [-0.4, -0.2) is 34.7 Å². The largest absolute Gasteiger partial charge is 1.00 e. The van der Waals surface area contributed by atoms with E-state index in [9.17, 15) is 9.90 Å². The molecule has 7 nitrogen and oxygen atoms in total. The Labute approximate surface area is 156 Å². The summed E-state index contributed by atoms with van der Waals surface area (Å²) in [4.78, 5) is 18.5. The summed E-state index contributed by atoms with van der Waals surface area (Å²) in [6.07, 6.45) is 2.83. The van der Waals surface area contributed by atoms with Crippen molar-refractivity contribution in [3.05, 3.63) is 40.8 Å². The Balaban J connectivity index is 0.00000176. The SMILES string of the molecule is O=C1N=C([O-])CN1/N=C/c1ncc(-c2ccc(Br)cc2)o1.[Na+]. The van der Waals surface area contributed by atoms with Gasteiger partial charge in [-0.3, -0.25) is 0 Å². The van der Waals surface area contributed by atoms with E-state index in [0.29, 0.717) is 5.76 Å². The Kier molecular flexibility index (Phi) is 5.52. The number of oxazole rings is 1. The maximum Gasteiger partial charge on any atom is 1.00 e. The van der Waals surface area contributed by atoms with Gasteiger partial charge in [0.1, 0.15) is 6.21 Å². The fourth-order valence-electron chi connectivity index (χ4n) is 1.70. The average molecular weight is 371 g/mol. The molecule has 2 amide bonds. The number of aliphatic imine (C=N–C) groups is 1.